The van der Waals surface area contributed by atoms with E-state index in [1.54, 1.807) is 12.1 Å². The van der Waals surface area contributed by atoms with Crippen LogP contribution in [0.4, 0.5) is 5.69 Å². The number of nitrogen functional groups attached to an aromatic ring is 1. The van der Waals surface area contributed by atoms with Gasteiger partial charge in [-0.3, -0.25) is 5.10 Å². The van der Waals surface area contributed by atoms with Gasteiger partial charge < -0.3 is 15.6 Å². The molecule has 4 N–H and O–H groups in total. The quantitative estimate of drug-likeness (QED) is 0.788. The molecule has 0 atom stereocenters. The second-order valence-electron chi connectivity index (χ2n) is 3.20. The van der Waals surface area contributed by atoms with Crippen LogP contribution in [0.25, 0.3) is 11.3 Å². The van der Waals surface area contributed by atoms with Crippen molar-refractivity contribution in [1.29, 1.82) is 0 Å². The molecule has 6 heteroatoms. The van der Waals surface area contributed by atoms with Crippen LogP contribution in [0, 0.1) is 0 Å². The Labute approximate surface area is 100 Å². The summed E-state index contributed by atoms with van der Waals surface area (Å²) in [6.45, 7) is 0. The van der Waals surface area contributed by atoms with Gasteiger partial charge in [0.05, 0.1) is 24.7 Å². The van der Waals surface area contributed by atoms with E-state index in [0.29, 0.717) is 17.1 Å². The number of phenols is 1. The number of nitrogens with zero attached hydrogens (tertiary/aromatic N) is 1. The van der Waals surface area contributed by atoms with Gasteiger partial charge in [0.25, 0.3) is 0 Å². The van der Waals surface area contributed by atoms with Gasteiger partial charge in [-0.25, -0.2) is 0 Å². The topological polar surface area (TPSA) is 84.2 Å². The summed E-state index contributed by atoms with van der Waals surface area (Å²) >= 11 is 3.38. The van der Waals surface area contributed by atoms with Gasteiger partial charge in [-0.2, -0.15) is 5.10 Å². The SMILES string of the molecule is COc1cc(Br)c(-c2[nH]ncc2N)cc1O. The molecule has 2 rings (SSSR count). The number of H-pyrrole nitrogens is 1. The average Bonchev–Trinajstić information content (AvgIpc) is 2.67. The molecule has 0 radical (unpaired) electrons. The van der Waals surface area contributed by atoms with Crippen LogP contribution in [0.3, 0.4) is 0 Å². The molecule has 0 aliphatic rings. The molecule has 0 aliphatic heterocycles. The van der Waals surface area contributed by atoms with Crippen molar-refractivity contribution in [3.8, 4) is 22.8 Å². The predicted octanol–water partition coefficient (Wildman–Crippen LogP) is 2.14. The molecule has 0 aliphatic carbocycles. The molecule has 5 nitrogen and oxygen atoms in total. The van der Waals surface area contributed by atoms with Crippen molar-refractivity contribution in [3.05, 3.63) is 22.8 Å². The van der Waals surface area contributed by atoms with Gasteiger partial charge in [0.2, 0.25) is 0 Å². The average molecular weight is 284 g/mol. The molecule has 0 spiro atoms. The van der Waals surface area contributed by atoms with Crippen molar-refractivity contribution < 1.29 is 9.84 Å². The Morgan fingerprint density at radius 1 is 1.50 bits per heavy atom. The van der Waals surface area contributed by atoms with Crippen molar-refractivity contribution in [2.24, 2.45) is 0 Å². The Morgan fingerprint density at radius 3 is 2.81 bits per heavy atom. The van der Waals surface area contributed by atoms with E-state index in [1.165, 1.54) is 13.3 Å². The van der Waals surface area contributed by atoms with Gasteiger partial charge in [0.1, 0.15) is 0 Å². The Morgan fingerprint density at radius 2 is 2.25 bits per heavy atom. The molecule has 1 aromatic heterocycles. The highest BCUT2D eigenvalue weighted by atomic mass is 79.9. The first kappa shape index (κ1) is 10.8. The van der Waals surface area contributed by atoms with Crippen LogP contribution in [0.5, 0.6) is 11.5 Å². The van der Waals surface area contributed by atoms with Crippen molar-refractivity contribution in [2.45, 2.75) is 0 Å². The number of phenolic OH excluding ortho intramolecular Hbond substituents is 1. The Kier molecular flexibility index (Phi) is 2.74. The summed E-state index contributed by atoms with van der Waals surface area (Å²) in [5.41, 5.74) is 7.64. The summed E-state index contributed by atoms with van der Waals surface area (Å²) in [5, 5.41) is 16.3. The molecule has 0 fully saturated rings. The molecule has 1 heterocycles. The maximum Gasteiger partial charge on any atom is 0.161 e. The fourth-order valence-corrected chi connectivity index (χ4v) is 1.93. The molecule has 0 unspecified atom stereocenters. The number of benzene rings is 1. The lowest BCUT2D eigenvalue weighted by atomic mass is 10.1. The van der Waals surface area contributed by atoms with Crippen LogP contribution in [0.15, 0.2) is 22.8 Å². The smallest absolute Gasteiger partial charge is 0.161 e. The standard InChI is InChI=1S/C10H10BrN3O2/c1-16-9-3-6(11)5(2-8(9)15)10-7(12)4-13-14-10/h2-4,15H,12H2,1H3,(H,13,14). The number of methoxy groups -OCH3 is 1. The number of hydrogen-bond donors (Lipinski definition) is 3. The monoisotopic (exact) mass is 283 g/mol. The first-order valence-corrected chi connectivity index (χ1v) is 5.28. The second-order valence-corrected chi connectivity index (χ2v) is 4.06. The maximum absolute atomic E-state index is 9.68. The van der Waals surface area contributed by atoms with E-state index >= 15 is 0 Å². The fourth-order valence-electron chi connectivity index (χ4n) is 1.41. The van der Waals surface area contributed by atoms with Crippen molar-refractivity contribution in [2.75, 3.05) is 12.8 Å². The number of hydrogen-bond acceptors (Lipinski definition) is 4. The van der Waals surface area contributed by atoms with Gasteiger partial charge >= 0.3 is 0 Å². The minimum Gasteiger partial charge on any atom is -0.504 e. The van der Waals surface area contributed by atoms with E-state index in [9.17, 15) is 5.11 Å². The molecule has 16 heavy (non-hydrogen) atoms. The third kappa shape index (κ3) is 1.71. The summed E-state index contributed by atoms with van der Waals surface area (Å²) in [6.07, 6.45) is 1.52. The number of aromatic nitrogens is 2. The van der Waals surface area contributed by atoms with Crippen LogP contribution >= 0.6 is 15.9 Å². The van der Waals surface area contributed by atoms with Gasteiger partial charge in [-0.1, -0.05) is 0 Å². The number of rotatable bonds is 2. The lowest BCUT2D eigenvalue weighted by Crippen LogP contribution is -1.90. The van der Waals surface area contributed by atoms with E-state index in [4.69, 9.17) is 10.5 Å². The predicted molar refractivity (Wildman–Crippen MR) is 64.4 cm³/mol. The number of halogens is 1. The molecular weight excluding hydrogens is 274 g/mol. The fraction of sp³-hybridized carbons (Fsp3) is 0.100. The molecule has 0 bridgehead atoms. The molecule has 0 saturated heterocycles. The van der Waals surface area contributed by atoms with Crippen LogP contribution in [-0.2, 0) is 0 Å². The maximum atomic E-state index is 9.68. The van der Waals surface area contributed by atoms with E-state index in [-0.39, 0.29) is 5.75 Å². The third-order valence-electron chi connectivity index (χ3n) is 2.21. The number of aromatic amines is 1. The summed E-state index contributed by atoms with van der Waals surface area (Å²) in [6, 6.07) is 3.23. The number of anilines is 1. The zero-order valence-corrected chi connectivity index (χ0v) is 10.1. The molecule has 2 aromatic rings. The lowest BCUT2D eigenvalue weighted by molar-refractivity contribution is 0.373. The highest BCUT2D eigenvalue weighted by Gasteiger charge is 2.13. The highest BCUT2D eigenvalue weighted by Crippen LogP contribution is 2.38. The van der Waals surface area contributed by atoms with Gasteiger partial charge in [0.15, 0.2) is 11.5 Å². The largest absolute Gasteiger partial charge is 0.504 e. The second kappa shape index (κ2) is 4.05. The van der Waals surface area contributed by atoms with Crippen molar-refractivity contribution in [1.82, 2.24) is 10.2 Å². The summed E-state index contributed by atoms with van der Waals surface area (Å²) in [5.74, 6) is 0.448. The molecule has 1 aromatic carbocycles. The van der Waals surface area contributed by atoms with E-state index in [2.05, 4.69) is 26.1 Å². The summed E-state index contributed by atoms with van der Waals surface area (Å²) in [4.78, 5) is 0. The van der Waals surface area contributed by atoms with E-state index < -0.39 is 0 Å². The minimum absolute atomic E-state index is 0.0506. The first-order chi connectivity index (χ1) is 7.63. The normalized spacial score (nSPS) is 10.4. The zero-order valence-electron chi connectivity index (χ0n) is 8.49. The number of ether oxygens (including phenoxy) is 1. The van der Waals surface area contributed by atoms with Crippen LogP contribution in [-0.4, -0.2) is 22.4 Å². The third-order valence-corrected chi connectivity index (χ3v) is 2.86. The Bertz CT molecular complexity index is 525. The lowest BCUT2D eigenvalue weighted by Gasteiger charge is -2.08. The van der Waals surface area contributed by atoms with E-state index in [1.807, 2.05) is 0 Å². The van der Waals surface area contributed by atoms with Crippen LogP contribution in [0.1, 0.15) is 0 Å². The van der Waals surface area contributed by atoms with Gasteiger partial charge in [-0.15, -0.1) is 0 Å². The Hall–Kier alpha value is -1.69. The van der Waals surface area contributed by atoms with Crippen molar-refractivity contribution in [3.63, 3.8) is 0 Å². The molecular formula is C10H10BrN3O2. The van der Waals surface area contributed by atoms with Gasteiger partial charge in [-0.05, 0) is 28.1 Å². The first-order valence-electron chi connectivity index (χ1n) is 4.49. The highest BCUT2D eigenvalue weighted by molar-refractivity contribution is 9.10. The van der Waals surface area contributed by atoms with Crippen LogP contribution in [0.2, 0.25) is 0 Å². The minimum atomic E-state index is 0.0506. The number of aromatic hydroxyl groups is 1. The Balaban J connectivity index is 2.59. The molecule has 0 amide bonds. The van der Waals surface area contributed by atoms with E-state index in [0.717, 1.165) is 10.0 Å². The molecule has 0 saturated carbocycles. The number of nitrogens with one attached hydrogen (secondary N) is 1. The van der Waals surface area contributed by atoms with Crippen molar-refractivity contribution >= 4 is 21.6 Å². The zero-order chi connectivity index (χ0) is 11.7. The summed E-state index contributed by atoms with van der Waals surface area (Å²) < 4.78 is 5.75. The number of nitrogens with two attached hydrogens (primary N) is 1. The summed E-state index contributed by atoms with van der Waals surface area (Å²) in [7, 11) is 1.49. The van der Waals surface area contributed by atoms with Gasteiger partial charge in [0, 0.05) is 10.0 Å². The van der Waals surface area contributed by atoms with Crippen LogP contribution < -0.4 is 10.5 Å². The molecule has 84 valence electrons.